The molecule has 1 aliphatic rings. The molecule has 1 fully saturated rings. The summed E-state index contributed by atoms with van der Waals surface area (Å²) < 4.78 is 8.40. The average Bonchev–Trinajstić information content (AvgIpc) is 3.21. The van der Waals surface area contributed by atoms with Gasteiger partial charge in [0.05, 0.1) is 17.6 Å². The first-order valence-electron chi connectivity index (χ1n) is 12.3. The summed E-state index contributed by atoms with van der Waals surface area (Å²) in [7, 11) is 0. The lowest BCUT2D eigenvalue weighted by Crippen LogP contribution is -2.32. The molecule has 3 aromatic rings. The number of nitrogens with one attached hydrogen (secondary N) is 1. The van der Waals surface area contributed by atoms with Crippen LogP contribution in [0.4, 0.5) is 0 Å². The van der Waals surface area contributed by atoms with E-state index in [2.05, 4.69) is 40.7 Å². The molecule has 1 amide bonds. The summed E-state index contributed by atoms with van der Waals surface area (Å²) in [5.41, 5.74) is 3.28. The lowest BCUT2D eigenvalue weighted by Gasteiger charge is -2.20. The Hall–Kier alpha value is -3.08. The predicted octanol–water partition coefficient (Wildman–Crippen LogP) is 5.47. The second-order valence-electron chi connectivity index (χ2n) is 8.85. The van der Waals surface area contributed by atoms with E-state index in [0.717, 1.165) is 66.8 Å². The van der Waals surface area contributed by atoms with Crippen molar-refractivity contribution in [1.82, 2.24) is 14.9 Å². The second-order valence-corrected chi connectivity index (χ2v) is 8.85. The van der Waals surface area contributed by atoms with E-state index < -0.39 is 0 Å². The fourth-order valence-corrected chi connectivity index (χ4v) is 4.75. The first-order valence-corrected chi connectivity index (χ1v) is 12.3. The molecule has 174 valence electrons. The lowest BCUT2D eigenvalue weighted by atomic mass is 9.89. The fraction of sp³-hybridized carbons (Fsp3) is 0.429. The first kappa shape index (κ1) is 23.1. The zero-order valence-corrected chi connectivity index (χ0v) is 19.5. The van der Waals surface area contributed by atoms with Gasteiger partial charge in [-0.1, -0.05) is 55.7 Å². The minimum absolute atomic E-state index is 0.212. The number of nitrogens with zero attached hydrogens (tertiary/aromatic N) is 2. The third-order valence-electron chi connectivity index (χ3n) is 6.50. The maximum atomic E-state index is 12.4. The number of aromatic nitrogens is 2. The molecule has 1 heterocycles. The Morgan fingerprint density at radius 2 is 1.91 bits per heavy atom. The Labute approximate surface area is 196 Å². The van der Waals surface area contributed by atoms with Crippen molar-refractivity contribution >= 4 is 16.9 Å². The van der Waals surface area contributed by atoms with Crippen molar-refractivity contribution in [1.29, 1.82) is 0 Å². The van der Waals surface area contributed by atoms with Crippen LogP contribution in [-0.2, 0) is 24.2 Å². The van der Waals surface area contributed by atoms with Crippen molar-refractivity contribution < 1.29 is 9.53 Å². The third-order valence-corrected chi connectivity index (χ3v) is 6.50. The van der Waals surface area contributed by atoms with Crippen LogP contribution in [0, 0.1) is 5.92 Å². The number of hydrogen-bond acceptors (Lipinski definition) is 3. The van der Waals surface area contributed by atoms with Crippen LogP contribution in [0.25, 0.3) is 11.0 Å². The third kappa shape index (κ3) is 6.04. The van der Waals surface area contributed by atoms with Gasteiger partial charge >= 0.3 is 0 Å². The highest BCUT2D eigenvalue weighted by molar-refractivity contribution is 5.78. The summed E-state index contributed by atoms with van der Waals surface area (Å²) in [6, 6.07) is 16.4. The number of rotatable bonds is 11. The summed E-state index contributed by atoms with van der Waals surface area (Å²) in [6.45, 7) is 5.84. The van der Waals surface area contributed by atoms with E-state index in [4.69, 9.17) is 9.72 Å². The molecule has 1 aliphatic carbocycles. The van der Waals surface area contributed by atoms with Crippen LogP contribution in [0.5, 0.6) is 5.75 Å². The molecule has 0 radical (unpaired) electrons. The van der Waals surface area contributed by atoms with Crippen LogP contribution in [-0.4, -0.2) is 28.6 Å². The van der Waals surface area contributed by atoms with E-state index in [-0.39, 0.29) is 11.8 Å². The van der Waals surface area contributed by atoms with E-state index in [9.17, 15) is 4.79 Å². The first-order chi connectivity index (χ1) is 16.3. The summed E-state index contributed by atoms with van der Waals surface area (Å²) in [4.78, 5) is 17.3. The summed E-state index contributed by atoms with van der Waals surface area (Å²) >= 11 is 0. The van der Waals surface area contributed by atoms with Crippen LogP contribution in [0.2, 0.25) is 0 Å². The fourth-order valence-electron chi connectivity index (χ4n) is 4.75. The second kappa shape index (κ2) is 11.7. The molecule has 0 saturated heterocycles. The van der Waals surface area contributed by atoms with Gasteiger partial charge in [0, 0.05) is 18.9 Å². The number of fused-ring (bicyclic) bond motifs is 1. The van der Waals surface area contributed by atoms with Gasteiger partial charge in [0.1, 0.15) is 18.2 Å². The monoisotopic (exact) mass is 445 g/mol. The number of hydrogen-bond donors (Lipinski definition) is 1. The number of benzene rings is 2. The van der Waals surface area contributed by atoms with Crippen molar-refractivity contribution in [2.45, 2.75) is 57.9 Å². The molecule has 0 atom stereocenters. The van der Waals surface area contributed by atoms with Crippen molar-refractivity contribution in [3.05, 3.63) is 72.6 Å². The number of para-hydroxylation sites is 3. The Morgan fingerprint density at radius 1 is 1.12 bits per heavy atom. The average molecular weight is 446 g/mol. The Morgan fingerprint density at radius 3 is 2.76 bits per heavy atom. The van der Waals surface area contributed by atoms with Crippen molar-refractivity contribution in [3.8, 4) is 5.75 Å². The number of imidazole rings is 1. The SMILES string of the molecule is C=CCc1ccccc1OCCn1c(CCCNC(=O)C2CCCCC2)nc2ccccc21. The van der Waals surface area contributed by atoms with Crippen molar-refractivity contribution in [2.75, 3.05) is 13.2 Å². The van der Waals surface area contributed by atoms with Crippen LogP contribution in [0.15, 0.2) is 61.2 Å². The number of ether oxygens (including phenoxy) is 1. The molecular weight excluding hydrogens is 410 g/mol. The molecule has 5 heteroatoms. The van der Waals surface area contributed by atoms with Gasteiger partial charge in [0.15, 0.2) is 0 Å². The molecule has 0 spiro atoms. The highest BCUT2D eigenvalue weighted by atomic mass is 16.5. The molecule has 4 rings (SSSR count). The van der Waals surface area contributed by atoms with Crippen molar-refractivity contribution in [2.24, 2.45) is 5.92 Å². The zero-order valence-electron chi connectivity index (χ0n) is 19.5. The van der Waals surface area contributed by atoms with E-state index in [1.165, 1.54) is 19.3 Å². The van der Waals surface area contributed by atoms with Gasteiger partial charge in [-0.15, -0.1) is 6.58 Å². The molecule has 33 heavy (non-hydrogen) atoms. The minimum atomic E-state index is 0.212. The normalized spacial score (nSPS) is 14.3. The van der Waals surface area contributed by atoms with E-state index in [1.54, 1.807) is 0 Å². The van der Waals surface area contributed by atoms with Gasteiger partial charge in [0.2, 0.25) is 5.91 Å². The van der Waals surface area contributed by atoms with Gasteiger partial charge in [-0.05, 0) is 49.4 Å². The van der Waals surface area contributed by atoms with Gasteiger partial charge in [0.25, 0.3) is 0 Å². The van der Waals surface area contributed by atoms with Crippen LogP contribution in [0.1, 0.15) is 49.9 Å². The molecule has 1 aromatic heterocycles. The maximum Gasteiger partial charge on any atom is 0.223 e. The number of carbonyl (C=O) groups excluding carboxylic acids is 1. The molecule has 0 unspecified atom stereocenters. The molecule has 0 bridgehead atoms. The van der Waals surface area contributed by atoms with E-state index in [0.29, 0.717) is 13.2 Å². The Kier molecular flexibility index (Phi) is 8.18. The number of amides is 1. The van der Waals surface area contributed by atoms with Crippen LogP contribution >= 0.6 is 0 Å². The van der Waals surface area contributed by atoms with Gasteiger partial charge in [-0.25, -0.2) is 4.98 Å². The van der Waals surface area contributed by atoms with Crippen molar-refractivity contribution in [3.63, 3.8) is 0 Å². The lowest BCUT2D eigenvalue weighted by molar-refractivity contribution is -0.125. The van der Waals surface area contributed by atoms with Crippen LogP contribution in [0.3, 0.4) is 0 Å². The number of allylic oxidation sites excluding steroid dienone is 1. The topological polar surface area (TPSA) is 56.1 Å². The minimum Gasteiger partial charge on any atom is -0.491 e. The quantitative estimate of drug-likeness (QED) is 0.314. The molecule has 1 saturated carbocycles. The summed E-state index contributed by atoms with van der Waals surface area (Å²) in [6.07, 6.45) is 10.1. The standard InChI is InChI=1S/C28H35N3O2/c1-2-11-22-12-6-9-17-26(22)33-21-20-31-25-16-8-7-15-24(25)30-27(31)18-10-19-29-28(32)23-13-4-3-5-14-23/h2,6-9,12,15-17,23H,1,3-5,10-11,13-14,18-21H2,(H,29,32). The maximum absolute atomic E-state index is 12.4. The molecular formula is C28H35N3O2. The molecule has 1 N–H and O–H groups in total. The number of carbonyl (C=O) groups is 1. The molecule has 2 aromatic carbocycles. The zero-order chi connectivity index (χ0) is 22.9. The highest BCUT2D eigenvalue weighted by Gasteiger charge is 2.20. The van der Waals surface area contributed by atoms with Gasteiger partial charge < -0.3 is 14.6 Å². The van der Waals surface area contributed by atoms with E-state index in [1.807, 2.05) is 30.3 Å². The van der Waals surface area contributed by atoms with Crippen LogP contribution < -0.4 is 10.1 Å². The molecule has 0 aliphatic heterocycles. The van der Waals surface area contributed by atoms with Gasteiger partial charge in [-0.2, -0.15) is 0 Å². The summed E-state index contributed by atoms with van der Waals surface area (Å²) in [5, 5.41) is 3.15. The van der Waals surface area contributed by atoms with E-state index >= 15 is 0 Å². The Balaban J connectivity index is 1.35. The predicted molar refractivity (Wildman–Crippen MR) is 133 cm³/mol. The van der Waals surface area contributed by atoms with Gasteiger partial charge in [-0.3, -0.25) is 4.79 Å². The highest BCUT2D eigenvalue weighted by Crippen LogP contribution is 2.24. The largest absolute Gasteiger partial charge is 0.491 e. The Bertz CT molecular complexity index is 1070. The smallest absolute Gasteiger partial charge is 0.223 e. The molecule has 5 nitrogen and oxygen atoms in total. The summed E-state index contributed by atoms with van der Waals surface area (Å²) in [5.74, 6) is 2.40. The number of aryl methyl sites for hydroxylation is 1.